The van der Waals surface area contributed by atoms with E-state index in [0.29, 0.717) is 5.92 Å². The van der Waals surface area contributed by atoms with Gasteiger partial charge in [0.15, 0.2) is 0 Å². The Hall–Kier alpha value is -0.0400. The van der Waals surface area contributed by atoms with Gasteiger partial charge in [0.2, 0.25) is 0 Å². The second kappa shape index (κ2) is 3.97. The first-order valence-corrected chi connectivity index (χ1v) is 4.52. The molecule has 0 unspecified atom stereocenters. The highest BCUT2D eigenvalue weighted by molar-refractivity contribution is 4.85. The summed E-state index contributed by atoms with van der Waals surface area (Å²) >= 11 is 0. The van der Waals surface area contributed by atoms with Crippen LogP contribution >= 0.6 is 0 Å². The van der Waals surface area contributed by atoms with Crippen molar-refractivity contribution in [2.45, 2.75) is 51.6 Å². The molecule has 0 aromatic carbocycles. The molecular formula is C9H18O. The monoisotopic (exact) mass is 142 g/mol. The average molecular weight is 142 g/mol. The molecule has 1 fully saturated rings. The number of hydrogen-bond acceptors (Lipinski definition) is 1. The van der Waals surface area contributed by atoms with Gasteiger partial charge in [0.25, 0.3) is 0 Å². The van der Waals surface area contributed by atoms with Crippen LogP contribution in [-0.2, 0) is 0 Å². The molecule has 60 valence electrons. The summed E-state index contributed by atoms with van der Waals surface area (Å²) in [5.41, 5.74) is 0. The smallest absolute Gasteiger partial charge is 0.0573 e. The maximum Gasteiger partial charge on any atom is 0.0573 e. The van der Waals surface area contributed by atoms with E-state index in [1.165, 1.54) is 32.1 Å². The normalized spacial score (nSPS) is 30.6. The molecule has 1 aliphatic rings. The van der Waals surface area contributed by atoms with E-state index in [1.54, 1.807) is 0 Å². The van der Waals surface area contributed by atoms with E-state index in [-0.39, 0.29) is 6.10 Å². The van der Waals surface area contributed by atoms with Crippen LogP contribution in [0, 0.1) is 5.92 Å². The summed E-state index contributed by atoms with van der Waals surface area (Å²) in [5, 5.41) is 8.98. The SMILES string of the molecule is CCCCCC[C@@H]1C[C@H]1O. The Morgan fingerprint density at radius 3 is 2.50 bits per heavy atom. The number of unbranched alkanes of at least 4 members (excludes halogenated alkanes) is 3. The molecule has 10 heavy (non-hydrogen) atoms. The molecule has 1 rings (SSSR count). The van der Waals surface area contributed by atoms with E-state index in [2.05, 4.69) is 6.92 Å². The summed E-state index contributed by atoms with van der Waals surface area (Å²) in [4.78, 5) is 0. The molecule has 0 spiro atoms. The van der Waals surface area contributed by atoms with Crippen LogP contribution in [0.3, 0.4) is 0 Å². The summed E-state index contributed by atoms with van der Waals surface area (Å²) in [6.45, 7) is 2.23. The molecule has 0 aromatic rings. The van der Waals surface area contributed by atoms with Crippen LogP contribution in [0.4, 0.5) is 0 Å². The van der Waals surface area contributed by atoms with E-state index < -0.39 is 0 Å². The van der Waals surface area contributed by atoms with Crippen molar-refractivity contribution >= 4 is 0 Å². The van der Waals surface area contributed by atoms with Gasteiger partial charge in [0.05, 0.1) is 6.10 Å². The molecule has 1 aliphatic carbocycles. The Labute approximate surface area is 63.4 Å². The van der Waals surface area contributed by atoms with Crippen molar-refractivity contribution in [3.05, 3.63) is 0 Å². The van der Waals surface area contributed by atoms with E-state index >= 15 is 0 Å². The van der Waals surface area contributed by atoms with Crippen LogP contribution in [0.25, 0.3) is 0 Å². The summed E-state index contributed by atoms with van der Waals surface area (Å²) < 4.78 is 0. The number of rotatable bonds is 5. The summed E-state index contributed by atoms with van der Waals surface area (Å²) in [6.07, 6.45) is 7.78. The first kappa shape index (κ1) is 8.06. The Morgan fingerprint density at radius 2 is 2.00 bits per heavy atom. The predicted molar refractivity (Wildman–Crippen MR) is 42.9 cm³/mol. The highest BCUT2D eigenvalue weighted by Gasteiger charge is 2.33. The van der Waals surface area contributed by atoms with Crippen molar-refractivity contribution in [2.75, 3.05) is 0 Å². The van der Waals surface area contributed by atoms with Gasteiger partial charge in [-0.05, 0) is 18.8 Å². The van der Waals surface area contributed by atoms with Gasteiger partial charge in [-0.25, -0.2) is 0 Å². The van der Waals surface area contributed by atoms with Crippen molar-refractivity contribution in [3.8, 4) is 0 Å². The Morgan fingerprint density at radius 1 is 1.30 bits per heavy atom. The lowest BCUT2D eigenvalue weighted by molar-refractivity contribution is 0.255. The van der Waals surface area contributed by atoms with Gasteiger partial charge < -0.3 is 5.11 Å². The fourth-order valence-electron chi connectivity index (χ4n) is 1.38. The lowest BCUT2D eigenvalue weighted by atomic mass is 10.1. The quantitative estimate of drug-likeness (QED) is 0.584. The van der Waals surface area contributed by atoms with Crippen molar-refractivity contribution in [1.29, 1.82) is 0 Å². The van der Waals surface area contributed by atoms with E-state index in [0.717, 1.165) is 6.42 Å². The summed E-state index contributed by atoms with van der Waals surface area (Å²) in [5.74, 6) is 0.678. The lowest BCUT2D eigenvalue weighted by Crippen LogP contribution is -1.85. The molecule has 0 aliphatic heterocycles. The largest absolute Gasteiger partial charge is 0.393 e. The Balaban J connectivity index is 1.78. The first-order chi connectivity index (χ1) is 4.84. The molecule has 0 heterocycles. The topological polar surface area (TPSA) is 20.2 Å². The van der Waals surface area contributed by atoms with Gasteiger partial charge in [-0.1, -0.05) is 32.6 Å². The molecule has 0 radical (unpaired) electrons. The van der Waals surface area contributed by atoms with Crippen molar-refractivity contribution in [1.82, 2.24) is 0 Å². The fraction of sp³-hybridized carbons (Fsp3) is 1.00. The highest BCUT2D eigenvalue weighted by atomic mass is 16.3. The molecule has 1 saturated carbocycles. The standard InChI is InChI=1S/C9H18O/c1-2-3-4-5-6-8-7-9(8)10/h8-10H,2-7H2,1H3/t8-,9-/m1/s1. The zero-order valence-corrected chi connectivity index (χ0v) is 6.84. The van der Waals surface area contributed by atoms with Gasteiger partial charge in [-0.3, -0.25) is 0 Å². The van der Waals surface area contributed by atoms with Gasteiger partial charge >= 0.3 is 0 Å². The third-order valence-corrected chi connectivity index (χ3v) is 2.31. The van der Waals surface area contributed by atoms with Gasteiger partial charge in [0, 0.05) is 0 Å². The fourth-order valence-corrected chi connectivity index (χ4v) is 1.38. The molecule has 1 N–H and O–H groups in total. The summed E-state index contributed by atoms with van der Waals surface area (Å²) in [7, 11) is 0. The number of aliphatic hydroxyl groups excluding tert-OH is 1. The third-order valence-electron chi connectivity index (χ3n) is 2.31. The van der Waals surface area contributed by atoms with Gasteiger partial charge in [0.1, 0.15) is 0 Å². The molecular weight excluding hydrogens is 124 g/mol. The molecule has 0 bridgehead atoms. The van der Waals surface area contributed by atoms with Crippen LogP contribution in [0.5, 0.6) is 0 Å². The maximum absolute atomic E-state index is 8.98. The van der Waals surface area contributed by atoms with Crippen LogP contribution in [0.15, 0.2) is 0 Å². The molecule has 1 nitrogen and oxygen atoms in total. The predicted octanol–water partition coefficient (Wildman–Crippen LogP) is 2.34. The van der Waals surface area contributed by atoms with Crippen LogP contribution in [-0.4, -0.2) is 11.2 Å². The Kier molecular flexibility index (Phi) is 3.20. The van der Waals surface area contributed by atoms with E-state index in [9.17, 15) is 0 Å². The maximum atomic E-state index is 8.98. The van der Waals surface area contributed by atoms with Crippen molar-refractivity contribution < 1.29 is 5.11 Å². The van der Waals surface area contributed by atoms with Crippen LogP contribution < -0.4 is 0 Å². The number of aliphatic hydroxyl groups is 1. The third kappa shape index (κ3) is 2.70. The molecule has 0 aromatic heterocycles. The van der Waals surface area contributed by atoms with Gasteiger partial charge in [-0.2, -0.15) is 0 Å². The second-order valence-electron chi connectivity index (χ2n) is 3.41. The minimum atomic E-state index is 0.0710. The van der Waals surface area contributed by atoms with Crippen molar-refractivity contribution in [2.24, 2.45) is 5.92 Å². The summed E-state index contributed by atoms with van der Waals surface area (Å²) in [6, 6.07) is 0. The van der Waals surface area contributed by atoms with E-state index in [1.807, 2.05) is 0 Å². The van der Waals surface area contributed by atoms with Crippen LogP contribution in [0.2, 0.25) is 0 Å². The molecule has 2 atom stereocenters. The minimum Gasteiger partial charge on any atom is -0.393 e. The average Bonchev–Trinajstić information content (AvgIpc) is 2.60. The van der Waals surface area contributed by atoms with Crippen LogP contribution in [0.1, 0.15) is 45.4 Å². The second-order valence-corrected chi connectivity index (χ2v) is 3.41. The number of hydrogen-bond donors (Lipinski definition) is 1. The molecule has 0 saturated heterocycles. The zero-order chi connectivity index (χ0) is 7.40. The first-order valence-electron chi connectivity index (χ1n) is 4.52. The Bertz CT molecular complexity index is 90.7. The lowest BCUT2D eigenvalue weighted by Gasteiger charge is -1.96. The minimum absolute atomic E-state index is 0.0710. The van der Waals surface area contributed by atoms with E-state index in [4.69, 9.17) is 5.11 Å². The van der Waals surface area contributed by atoms with Crippen molar-refractivity contribution in [3.63, 3.8) is 0 Å². The molecule has 1 heteroatoms. The zero-order valence-electron chi connectivity index (χ0n) is 6.84. The highest BCUT2D eigenvalue weighted by Crippen LogP contribution is 2.34. The van der Waals surface area contributed by atoms with Gasteiger partial charge in [-0.15, -0.1) is 0 Å². The molecule has 0 amide bonds.